The average Bonchev–Trinajstić information content (AvgIpc) is 3.27. The van der Waals surface area contributed by atoms with E-state index in [-0.39, 0.29) is 22.5 Å². The van der Waals surface area contributed by atoms with Gasteiger partial charge < -0.3 is 14.2 Å². The lowest BCUT2D eigenvalue weighted by molar-refractivity contribution is -0.386. The summed E-state index contributed by atoms with van der Waals surface area (Å²) in [7, 11) is 1.18. The molecule has 0 unspecified atom stereocenters. The summed E-state index contributed by atoms with van der Waals surface area (Å²) in [5, 5.41) is 15.7. The summed E-state index contributed by atoms with van der Waals surface area (Å²) < 4.78 is 41.2. The van der Waals surface area contributed by atoms with Gasteiger partial charge in [-0.05, 0) is 12.1 Å². The average molecular weight is 470 g/mol. The molecule has 0 amide bonds. The number of benzene rings is 2. The van der Waals surface area contributed by atoms with Crippen LogP contribution in [0.25, 0.3) is 16.9 Å². The van der Waals surface area contributed by atoms with Crippen molar-refractivity contribution < 1.29 is 32.7 Å². The van der Waals surface area contributed by atoms with Crippen LogP contribution >= 0.6 is 0 Å². The number of carbonyl (C=O) groups excluding carboxylic acids is 1. The maximum absolute atomic E-state index is 12.7. The van der Waals surface area contributed by atoms with E-state index in [2.05, 4.69) is 14.8 Å². The van der Waals surface area contributed by atoms with Crippen molar-refractivity contribution in [3.8, 4) is 22.8 Å². The minimum absolute atomic E-state index is 0.0463. The van der Waals surface area contributed by atoms with E-state index in [4.69, 9.17) is 9.47 Å². The molecule has 0 bridgehead atoms. The molecule has 10 nitrogen and oxygen atoms in total. The van der Waals surface area contributed by atoms with Crippen molar-refractivity contribution in [3.63, 3.8) is 0 Å². The van der Waals surface area contributed by atoms with Gasteiger partial charge in [-0.3, -0.25) is 10.1 Å². The quantitative estimate of drug-likeness (QED) is 0.213. The minimum atomic E-state index is -3.21. The Morgan fingerprint density at radius 1 is 1.18 bits per heavy atom. The minimum Gasteiger partial charge on any atom is -0.493 e. The van der Waals surface area contributed by atoms with Gasteiger partial charge in [-0.15, -0.1) is 0 Å². The fourth-order valence-electron chi connectivity index (χ4n) is 3.31. The van der Waals surface area contributed by atoms with Crippen molar-refractivity contribution in [2.75, 3.05) is 7.11 Å². The molecule has 174 valence electrons. The summed E-state index contributed by atoms with van der Waals surface area (Å²) in [5.41, 5.74) is 1.18. The van der Waals surface area contributed by atoms with Crippen LogP contribution < -0.4 is 9.47 Å². The summed E-state index contributed by atoms with van der Waals surface area (Å²) in [5.74, 6) is -1.52. The maximum Gasteiger partial charge on any atom is 0.387 e. The van der Waals surface area contributed by atoms with Crippen LogP contribution in [-0.4, -0.2) is 39.2 Å². The Morgan fingerprint density at radius 3 is 2.62 bits per heavy atom. The van der Waals surface area contributed by atoms with Crippen molar-refractivity contribution >= 4 is 17.3 Å². The Morgan fingerprint density at radius 2 is 1.94 bits per heavy atom. The summed E-state index contributed by atoms with van der Waals surface area (Å²) in [6.45, 7) is -3.74. The molecule has 4 aromatic rings. The van der Waals surface area contributed by atoms with E-state index < -0.39 is 35.5 Å². The Hall–Kier alpha value is -4.61. The second-order valence-corrected chi connectivity index (χ2v) is 6.83. The second-order valence-electron chi connectivity index (χ2n) is 6.83. The zero-order valence-electron chi connectivity index (χ0n) is 17.6. The molecule has 0 aliphatic heterocycles. The second kappa shape index (κ2) is 9.48. The Kier molecular flexibility index (Phi) is 6.30. The molecule has 12 heteroatoms. The molecular weight excluding hydrogens is 454 g/mol. The van der Waals surface area contributed by atoms with Crippen molar-refractivity contribution in [1.29, 1.82) is 0 Å². The molecule has 0 N–H and O–H groups in total. The molecule has 0 atom stereocenters. The van der Waals surface area contributed by atoms with Gasteiger partial charge in [0.1, 0.15) is 12.2 Å². The molecule has 0 saturated carbocycles. The first-order valence-corrected chi connectivity index (χ1v) is 9.74. The standard InChI is InChI=1S/C22H16F2N4O6/c1-32-18-9-14(17(28(30)31)10-19(18)34-22(23)24)12-33-21(29)15-11-26-27-16(7-8-25-20(15)27)13-5-3-2-4-6-13/h2-11,22H,12H2,1H3. The number of esters is 1. The molecule has 0 saturated heterocycles. The monoisotopic (exact) mass is 470 g/mol. The van der Waals surface area contributed by atoms with E-state index in [0.29, 0.717) is 5.69 Å². The van der Waals surface area contributed by atoms with Crippen LogP contribution in [0.5, 0.6) is 11.5 Å². The lowest BCUT2D eigenvalue weighted by Crippen LogP contribution is -2.09. The number of halogens is 2. The lowest BCUT2D eigenvalue weighted by Gasteiger charge is -2.12. The summed E-state index contributed by atoms with van der Waals surface area (Å²) >= 11 is 0. The third-order valence-corrected chi connectivity index (χ3v) is 4.83. The summed E-state index contributed by atoms with van der Waals surface area (Å²) in [6.07, 6.45) is 2.80. The largest absolute Gasteiger partial charge is 0.493 e. The van der Waals surface area contributed by atoms with E-state index in [1.807, 2.05) is 30.3 Å². The highest BCUT2D eigenvalue weighted by molar-refractivity contribution is 5.96. The molecule has 0 spiro atoms. The van der Waals surface area contributed by atoms with Gasteiger partial charge in [-0.25, -0.2) is 14.3 Å². The number of rotatable bonds is 8. The van der Waals surface area contributed by atoms with E-state index in [1.54, 1.807) is 6.07 Å². The highest BCUT2D eigenvalue weighted by Crippen LogP contribution is 2.36. The number of nitrogens with zero attached hydrogens (tertiary/aromatic N) is 4. The maximum atomic E-state index is 12.7. The van der Waals surface area contributed by atoms with E-state index in [9.17, 15) is 23.7 Å². The molecule has 2 aromatic heterocycles. The van der Waals surface area contributed by atoms with E-state index in [0.717, 1.165) is 17.7 Å². The van der Waals surface area contributed by atoms with Gasteiger partial charge in [0.15, 0.2) is 17.1 Å². The molecule has 34 heavy (non-hydrogen) atoms. The molecule has 0 radical (unpaired) electrons. The van der Waals surface area contributed by atoms with Crippen LogP contribution in [0.3, 0.4) is 0 Å². The Labute approximate surface area is 190 Å². The third-order valence-electron chi connectivity index (χ3n) is 4.83. The first-order valence-electron chi connectivity index (χ1n) is 9.74. The topological polar surface area (TPSA) is 118 Å². The van der Waals surface area contributed by atoms with Crippen molar-refractivity contribution in [2.24, 2.45) is 0 Å². The number of nitro groups is 1. The highest BCUT2D eigenvalue weighted by Gasteiger charge is 2.24. The Balaban J connectivity index is 1.61. The van der Waals surface area contributed by atoms with Crippen LogP contribution in [0.1, 0.15) is 15.9 Å². The number of carbonyl (C=O) groups is 1. The summed E-state index contributed by atoms with van der Waals surface area (Å²) in [4.78, 5) is 27.6. The zero-order chi connectivity index (χ0) is 24.2. The molecule has 2 heterocycles. The van der Waals surface area contributed by atoms with Crippen LogP contribution in [-0.2, 0) is 11.3 Å². The molecule has 0 aliphatic rings. The number of fused-ring (bicyclic) bond motifs is 1. The number of aromatic nitrogens is 3. The predicted molar refractivity (Wildman–Crippen MR) is 114 cm³/mol. The van der Waals surface area contributed by atoms with Gasteiger partial charge in [0.2, 0.25) is 0 Å². The van der Waals surface area contributed by atoms with Gasteiger partial charge in [-0.1, -0.05) is 30.3 Å². The van der Waals surface area contributed by atoms with Gasteiger partial charge in [0, 0.05) is 11.8 Å². The molecule has 0 fully saturated rings. The number of hydrogen-bond acceptors (Lipinski definition) is 8. The smallest absolute Gasteiger partial charge is 0.387 e. The number of alkyl halides is 2. The number of ether oxygens (including phenoxy) is 3. The fourth-order valence-corrected chi connectivity index (χ4v) is 3.31. The molecular formula is C22H16F2N4O6. The van der Waals surface area contributed by atoms with Crippen LogP contribution in [0.15, 0.2) is 60.9 Å². The van der Waals surface area contributed by atoms with E-state index in [1.165, 1.54) is 24.0 Å². The third kappa shape index (κ3) is 4.46. The molecule has 4 rings (SSSR count). The van der Waals surface area contributed by atoms with Gasteiger partial charge >= 0.3 is 12.6 Å². The highest BCUT2D eigenvalue weighted by atomic mass is 19.3. The number of hydrogen-bond donors (Lipinski definition) is 0. The Bertz CT molecular complexity index is 1360. The van der Waals surface area contributed by atoms with Crippen LogP contribution in [0.4, 0.5) is 14.5 Å². The van der Waals surface area contributed by atoms with Crippen molar-refractivity contribution in [1.82, 2.24) is 14.6 Å². The van der Waals surface area contributed by atoms with Crippen LogP contribution in [0, 0.1) is 10.1 Å². The molecule has 0 aliphatic carbocycles. The van der Waals surface area contributed by atoms with Crippen molar-refractivity contribution in [2.45, 2.75) is 13.2 Å². The predicted octanol–water partition coefficient (Wildman–Crippen LogP) is 4.27. The SMILES string of the molecule is COc1cc(COC(=O)c2cnn3c(-c4ccccc4)ccnc23)c([N+](=O)[O-])cc1OC(F)F. The lowest BCUT2D eigenvalue weighted by atomic mass is 10.1. The van der Waals surface area contributed by atoms with Crippen molar-refractivity contribution in [3.05, 3.63) is 82.2 Å². The molecule has 2 aromatic carbocycles. The first kappa shape index (κ1) is 22.6. The number of methoxy groups -OCH3 is 1. The van der Waals surface area contributed by atoms with Crippen LogP contribution in [0.2, 0.25) is 0 Å². The first-order chi connectivity index (χ1) is 16.4. The van der Waals surface area contributed by atoms with Gasteiger partial charge in [0.25, 0.3) is 5.69 Å². The normalized spacial score (nSPS) is 10.9. The van der Waals surface area contributed by atoms with E-state index >= 15 is 0 Å². The number of nitro benzene ring substituents is 1. The fraction of sp³-hybridized carbons (Fsp3) is 0.136. The van der Waals surface area contributed by atoms with Gasteiger partial charge in [-0.2, -0.15) is 13.9 Å². The zero-order valence-corrected chi connectivity index (χ0v) is 17.6. The summed E-state index contributed by atoms with van der Waals surface area (Å²) in [6, 6.07) is 13.0. The van der Waals surface area contributed by atoms with Gasteiger partial charge in [0.05, 0.1) is 35.6 Å².